The van der Waals surface area contributed by atoms with Gasteiger partial charge in [0.25, 0.3) is 0 Å². The maximum atomic E-state index is 11.8. The molecule has 168 valence electrons. The van der Waals surface area contributed by atoms with Crippen molar-refractivity contribution in [2.75, 3.05) is 38.3 Å². The van der Waals surface area contributed by atoms with Gasteiger partial charge in [-0.2, -0.15) is 0 Å². The van der Waals surface area contributed by atoms with Crippen LogP contribution in [0, 0.1) is 0 Å². The lowest BCUT2D eigenvalue weighted by Gasteiger charge is -2.16. The van der Waals surface area contributed by atoms with E-state index in [0.29, 0.717) is 13.0 Å². The molecule has 0 bridgehead atoms. The lowest BCUT2D eigenvalue weighted by Crippen LogP contribution is -2.37. The molecule has 1 fully saturated rings. The van der Waals surface area contributed by atoms with Crippen molar-refractivity contribution in [3.05, 3.63) is 65.7 Å². The molecule has 1 heterocycles. The van der Waals surface area contributed by atoms with Gasteiger partial charge in [0.05, 0.1) is 6.61 Å². The number of hydrogen-bond acceptors (Lipinski definition) is 3. The van der Waals surface area contributed by atoms with Gasteiger partial charge in [0.2, 0.25) is 5.91 Å². The fourth-order valence-electron chi connectivity index (χ4n) is 3.44. The van der Waals surface area contributed by atoms with E-state index in [4.69, 9.17) is 4.74 Å². The Balaban J connectivity index is 0.00000341. The van der Waals surface area contributed by atoms with E-state index in [0.717, 1.165) is 62.8 Å². The molecule has 1 aliphatic rings. The maximum absolute atomic E-state index is 11.8. The predicted molar refractivity (Wildman–Crippen MR) is 137 cm³/mol. The number of rotatable bonds is 10. The van der Waals surface area contributed by atoms with Crippen LogP contribution < -0.4 is 15.5 Å². The molecule has 2 aromatic rings. The van der Waals surface area contributed by atoms with E-state index >= 15 is 0 Å². The monoisotopic (exact) mass is 536 g/mol. The summed E-state index contributed by atoms with van der Waals surface area (Å²) in [6.07, 6.45) is 3.47. The van der Waals surface area contributed by atoms with Gasteiger partial charge >= 0.3 is 0 Å². The lowest BCUT2D eigenvalue weighted by atomic mass is 10.2. The number of ether oxygens (including phenoxy) is 1. The number of halogens is 1. The minimum Gasteiger partial charge on any atom is -0.381 e. The molecular weight excluding hydrogens is 503 g/mol. The standard InChI is InChI=1S/C24H32N4O2.HI/c1-25-24(26-15-6-17-30-18-14-20-7-3-2-4-8-20)27-19-21-10-12-22(13-11-21)28-16-5-9-23(28)29;/h2-4,7-8,10-13H,5-6,9,14-19H2,1H3,(H2,25,26,27);1H. The van der Waals surface area contributed by atoms with Crippen LogP contribution in [-0.2, 0) is 22.5 Å². The van der Waals surface area contributed by atoms with Gasteiger partial charge in [-0.15, -0.1) is 24.0 Å². The minimum atomic E-state index is 0. The first kappa shape index (κ1) is 25.1. The molecule has 0 radical (unpaired) electrons. The van der Waals surface area contributed by atoms with Crippen LogP contribution in [0.4, 0.5) is 5.69 Å². The van der Waals surface area contributed by atoms with E-state index in [1.807, 2.05) is 23.1 Å². The summed E-state index contributed by atoms with van der Waals surface area (Å²) in [4.78, 5) is 18.0. The Labute approximate surface area is 202 Å². The summed E-state index contributed by atoms with van der Waals surface area (Å²) in [6.45, 7) is 3.79. The molecule has 3 rings (SSSR count). The van der Waals surface area contributed by atoms with Crippen molar-refractivity contribution < 1.29 is 9.53 Å². The first-order valence-electron chi connectivity index (χ1n) is 10.7. The molecule has 31 heavy (non-hydrogen) atoms. The Morgan fingerprint density at radius 3 is 2.48 bits per heavy atom. The summed E-state index contributed by atoms with van der Waals surface area (Å²) >= 11 is 0. The number of carbonyl (C=O) groups is 1. The Morgan fingerprint density at radius 2 is 1.81 bits per heavy atom. The molecule has 2 aromatic carbocycles. The zero-order valence-corrected chi connectivity index (χ0v) is 20.5. The Kier molecular flexibility index (Phi) is 11.4. The maximum Gasteiger partial charge on any atom is 0.227 e. The summed E-state index contributed by atoms with van der Waals surface area (Å²) in [5.74, 6) is 0.993. The van der Waals surface area contributed by atoms with Gasteiger partial charge in [0, 0.05) is 45.4 Å². The van der Waals surface area contributed by atoms with Crippen molar-refractivity contribution in [2.24, 2.45) is 4.99 Å². The number of anilines is 1. The number of nitrogens with one attached hydrogen (secondary N) is 2. The van der Waals surface area contributed by atoms with Crippen molar-refractivity contribution in [1.29, 1.82) is 0 Å². The van der Waals surface area contributed by atoms with Crippen molar-refractivity contribution in [3.8, 4) is 0 Å². The molecule has 1 aliphatic heterocycles. The minimum absolute atomic E-state index is 0. The van der Waals surface area contributed by atoms with E-state index in [1.54, 1.807) is 7.05 Å². The summed E-state index contributed by atoms with van der Waals surface area (Å²) in [6, 6.07) is 18.5. The van der Waals surface area contributed by atoms with Crippen LogP contribution in [0.15, 0.2) is 59.6 Å². The molecule has 0 atom stereocenters. The fourth-order valence-corrected chi connectivity index (χ4v) is 3.44. The van der Waals surface area contributed by atoms with Gasteiger partial charge in [-0.05, 0) is 42.5 Å². The van der Waals surface area contributed by atoms with Crippen LogP contribution in [0.25, 0.3) is 0 Å². The number of hydrogen-bond donors (Lipinski definition) is 2. The highest BCUT2D eigenvalue weighted by Crippen LogP contribution is 2.21. The normalized spacial score (nSPS) is 13.8. The molecule has 0 spiro atoms. The van der Waals surface area contributed by atoms with E-state index in [2.05, 4.69) is 52.0 Å². The molecule has 0 unspecified atom stereocenters. The molecule has 2 N–H and O–H groups in total. The van der Waals surface area contributed by atoms with E-state index in [1.165, 1.54) is 5.56 Å². The Bertz CT molecular complexity index is 812. The zero-order valence-electron chi connectivity index (χ0n) is 18.2. The quantitative estimate of drug-likeness (QED) is 0.210. The smallest absolute Gasteiger partial charge is 0.227 e. The number of benzene rings is 2. The SMILES string of the molecule is CN=C(NCCCOCCc1ccccc1)NCc1ccc(N2CCCC2=O)cc1.I. The fraction of sp³-hybridized carbons (Fsp3) is 0.417. The number of carbonyl (C=O) groups excluding carboxylic acids is 1. The van der Waals surface area contributed by atoms with E-state index < -0.39 is 0 Å². The average molecular weight is 536 g/mol. The number of nitrogens with zero attached hydrogens (tertiary/aromatic N) is 2. The van der Waals surface area contributed by atoms with Crippen molar-refractivity contribution >= 4 is 41.5 Å². The summed E-state index contributed by atoms with van der Waals surface area (Å²) in [5, 5.41) is 6.64. The summed E-state index contributed by atoms with van der Waals surface area (Å²) in [5.41, 5.74) is 3.44. The van der Waals surface area contributed by atoms with Gasteiger partial charge in [0.15, 0.2) is 5.96 Å². The topological polar surface area (TPSA) is 66.0 Å². The molecule has 0 aliphatic carbocycles. The second-order valence-corrected chi connectivity index (χ2v) is 7.37. The largest absolute Gasteiger partial charge is 0.381 e. The highest BCUT2D eigenvalue weighted by atomic mass is 127. The van der Waals surface area contributed by atoms with Crippen molar-refractivity contribution in [3.63, 3.8) is 0 Å². The van der Waals surface area contributed by atoms with Crippen LogP contribution in [0.3, 0.4) is 0 Å². The third kappa shape index (κ3) is 8.49. The molecule has 0 aromatic heterocycles. The second-order valence-electron chi connectivity index (χ2n) is 7.37. The van der Waals surface area contributed by atoms with Gasteiger partial charge < -0.3 is 20.3 Å². The lowest BCUT2D eigenvalue weighted by molar-refractivity contribution is -0.117. The highest BCUT2D eigenvalue weighted by Gasteiger charge is 2.21. The first-order chi connectivity index (χ1) is 14.8. The van der Waals surface area contributed by atoms with Crippen molar-refractivity contribution in [2.45, 2.75) is 32.2 Å². The van der Waals surface area contributed by atoms with Crippen LogP contribution in [0.2, 0.25) is 0 Å². The Morgan fingerprint density at radius 1 is 1.03 bits per heavy atom. The average Bonchev–Trinajstić information content (AvgIpc) is 3.22. The van der Waals surface area contributed by atoms with E-state index in [9.17, 15) is 4.79 Å². The second kappa shape index (κ2) is 14.0. The number of aliphatic imine (C=N–C) groups is 1. The molecule has 7 heteroatoms. The number of guanidine groups is 1. The predicted octanol–water partition coefficient (Wildman–Crippen LogP) is 3.75. The van der Waals surface area contributed by atoms with Crippen molar-refractivity contribution in [1.82, 2.24) is 10.6 Å². The van der Waals surface area contributed by atoms with Gasteiger partial charge in [-0.3, -0.25) is 9.79 Å². The molecule has 1 saturated heterocycles. The van der Waals surface area contributed by atoms with E-state index in [-0.39, 0.29) is 29.9 Å². The van der Waals surface area contributed by atoms with Crippen LogP contribution in [0.1, 0.15) is 30.4 Å². The summed E-state index contributed by atoms with van der Waals surface area (Å²) < 4.78 is 5.72. The van der Waals surface area contributed by atoms with Gasteiger partial charge in [-0.25, -0.2) is 0 Å². The molecule has 0 saturated carbocycles. The molecular formula is C24H33IN4O2. The zero-order chi connectivity index (χ0) is 21.0. The van der Waals surface area contributed by atoms with Crippen LogP contribution >= 0.6 is 24.0 Å². The summed E-state index contributed by atoms with van der Waals surface area (Å²) in [7, 11) is 1.77. The van der Waals surface area contributed by atoms with Gasteiger partial charge in [0.1, 0.15) is 0 Å². The first-order valence-corrected chi connectivity index (χ1v) is 10.7. The molecule has 1 amide bonds. The third-order valence-electron chi connectivity index (χ3n) is 5.14. The van der Waals surface area contributed by atoms with Crippen LogP contribution in [-0.4, -0.2) is 45.2 Å². The highest BCUT2D eigenvalue weighted by molar-refractivity contribution is 14.0. The van der Waals surface area contributed by atoms with Crippen LogP contribution in [0.5, 0.6) is 0 Å². The number of amides is 1. The third-order valence-corrected chi connectivity index (χ3v) is 5.14. The Hall–Kier alpha value is -2.13. The molecule has 6 nitrogen and oxygen atoms in total. The van der Waals surface area contributed by atoms with Gasteiger partial charge in [-0.1, -0.05) is 42.5 Å².